The Hall–Kier alpha value is -0.160. The van der Waals surface area contributed by atoms with Crippen molar-refractivity contribution in [2.45, 2.75) is 18.9 Å². The van der Waals surface area contributed by atoms with Crippen LogP contribution in [0.5, 0.6) is 0 Å². The topological polar surface area (TPSA) is 41.9 Å². The molecule has 0 amide bonds. The second-order valence-electron chi connectivity index (χ2n) is 3.70. The Morgan fingerprint density at radius 2 is 2.21 bits per heavy atom. The summed E-state index contributed by atoms with van der Waals surface area (Å²) in [6.07, 6.45) is 1.85. The maximum atomic E-state index is 9.28. The average molecular weight is 203 g/mol. The number of ether oxygens (including phenoxy) is 2. The summed E-state index contributed by atoms with van der Waals surface area (Å²) in [6, 6.07) is 0. The minimum atomic E-state index is -0.107. The van der Waals surface area contributed by atoms with Crippen molar-refractivity contribution in [2.75, 3.05) is 46.6 Å². The molecular weight excluding hydrogens is 182 g/mol. The van der Waals surface area contributed by atoms with Crippen molar-refractivity contribution in [2.24, 2.45) is 0 Å². The third-order valence-electron chi connectivity index (χ3n) is 2.44. The van der Waals surface area contributed by atoms with Crippen LogP contribution < -0.4 is 0 Å². The normalized spacial score (nSPS) is 23.1. The zero-order valence-electron chi connectivity index (χ0n) is 8.95. The monoisotopic (exact) mass is 203 g/mol. The molecule has 0 saturated carbocycles. The van der Waals surface area contributed by atoms with Crippen molar-refractivity contribution >= 4 is 0 Å². The fourth-order valence-corrected chi connectivity index (χ4v) is 1.65. The smallest absolute Gasteiger partial charge is 0.0700 e. The predicted octanol–water partition coefficient (Wildman–Crippen LogP) is 0.106. The summed E-state index contributed by atoms with van der Waals surface area (Å²) in [6.45, 7) is 5.03. The van der Waals surface area contributed by atoms with Crippen LogP contribution in [0, 0.1) is 0 Å². The van der Waals surface area contributed by atoms with E-state index < -0.39 is 0 Å². The molecule has 4 heteroatoms. The lowest BCUT2D eigenvalue weighted by molar-refractivity contribution is 0.0656. The molecule has 0 radical (unpaired) electrons. The van der Waals surface area contributed by atoms with Gasteiger partial charge in [-0.3, -0.25) is 0 Å². The fourth-order valence-electron chi connectivity index (χ4n) is 1.65. The van der Waals surface area contributed by atoms with Crippen LogP contribution in [-0.2, 0) is 9.47 Å². The highest BCUT2D eigenvalue weighted by Crippen LogP contribution is 2.08. The van der Waals surface area contributed by atoms with Crippen LogP contribution in [0.4, 0.5) is 0 Å². The zero-order valence-corrected chi connectivity index (χ0v) is 8.95. The van der Waals surface area contributed by atoms with E-state index in [0.717, 1.165) is 39.1 Å². The van der Waals surface area contributed by atoms with Gasteiger partial charge in [-0.2, -0.15) is 0 Å². The van der Waals surface area contributed by atoms with E-state index in [1.807, 2.05) is 0 Å². The van der Waals surface area contributed by atoms with Gasteiger partial charge in [-0.15, -0.1) is 0 Å². The predicted molar refractivity (Wildman–Crippen MR) is 54.4 cm³/mol. The summed E-state index contributed by atoms with van der Waals surface area (Å²) in [5.74, 6) is 0. The summed E-state index contributed by atoms with van der Waals surface area (Å²) in [5.41, 5.74) is 0. The third-order valence-corrected chi connectivity index (χ3v) is 2.44. The molecule has 0 aromatic carbocycles. The lowest BCUT2D eigenvalue weighted by Crippen LogP contribution is -2.24. The summed E-state index contributed by atoms with van der Waals surface area (Å²) >= 11 is 0. The fraction of sp³-hybridized carbons (Fsp3) is 1.00. The van der Waals surface area contributed by atoms with Gasteiger partial charge in [-0.1, -0.05) is 0 Å². The number of nitrogens with zero attached hydrogens (tertiary/aromatic N) is 1. The van der Waals surface area contributed by atoms with Gasteiger partial charge in [-0.05, 0) is 12.8 Å². The Balaban J connectivity index is 1.84. The Morgan fingerprint density at radius 3 is 2.86 bits per heavy atom. The summed E-state index contributed by atoms with van der Waals surface area (Å²) < 4.78 is 10.2. The third kappa shape index (κ3) is 4.91. The Bertz CT molecular complexity index is 143. The molecule has 1 rings (SSSR count). The molecule has 0 aromatic heterocycles. The largest absolute Gasteiger partial charge is 0.392 e. The maximum absolute atomic E-state index is 9.28. The highest BCUT2D eigenvalue weighted by Gasteiger charge is 2.18. The standard InChI is InChI=1S/C10H21NO3/c1-13-7-8-14-6-2-4-11-5-3-10(12)9-11/h10,12H,2-9H2,1H3/t10-/m0/s1. The molecule has 0 bridgehead atoms. The van der Waals surface area contributed by atoms with Crippen LogP contribution in [0.3, 0.4) is 0 Å². The molecule has 1 saturated heterocycles. The van der Waals surface area contributed by atoms with Gasteiger partial charge in [0.1, 0.15) is 0 Å². The van der Waals surface area contributed by atoms with Crippen molar-refractivity contribution in [3.63, 3.8) is 0 Å². The molecule has 1 aliphatic rings. The van der Waals surface area contributed by atoms with Crippen LogP contribution in [-0.4, -0.2) is 62.7 Å². The molecule has 84 valence electrons. The van der Waals surface area contributed by atoms with Crippen LogP contribution in [0.1, 0.15) is 12.8 Å². The lowest BCUT2D eigenvalue weighted by Gasteiger charge is -2.14. The number of hydrogen-bond donors (Lipinski definition) is 1. The number of hydrogen-bond acceptors (Lipinski definition) is 4. The average Bonchev–Trinajstić information content (AvgIpc) is 2.58. The van der Waals surface area contributed by atoms with Gasteiger partial charge in [0.05, 0.1) is 19.3 Å². The first-order chi connectivity index (χ1) is 6.83. The minimum Gasteiger partial charge on any atom is -0.392 e. The van der Waals surface area contributed by atoms with Crippen molar-refractivity contribution in [1.29, 1.82) is 0 Å². The number of methoxy groups -OCH3 is 1. The van der Waals surface area contributed by atoms with Gasteiger partial charge in [0.25, 0.3) is 0 Å². The maximum Gasteiger partial charge on any atom is 0.0700 e. The van der Waals surface area contributed by atoms with E-state index in [4.69, 9.17) is 9.47 Å². The van der Waals surface area contributed by atoms with Crippen molar-refractivity contribution < 1.29 is 14.6 Å². The number of aliphatic hydroxyl groups excluding tert-OH is 1. The van der Waals surface area contributed by atoms with E-state index in [1.54, 1.807) is 7.11 Å². The molecule has 0 aliphatic carbocycles. The molecule has 1 aliphatic heterocycles. The van der Waals surface area contributed by atoms with Crippen LogP contribution in [0.25, 0.3) is 0 Å². The van der Waals surface area contributed by atoms with Gasteiger partial charge in [0.15, 0.2) is 0 Å². The molecule has 0 spiro atoms. The first kappa shape index (κ1) is 11.9. The Kier molecular flexibility index (Phi) is 6.10. The van der Waals surface area contributed by atoms with Crippen molar-refractivity contribution in [3.05, 3.63) is 0 Å². The van der Waals surface area contributed by atoms with Crippen molar-refractivity contribution in [1.82, 2.24) is 4.90 Å². The molecule has 1 N–H and O–H groups in total. The van der Waals surface area contributed by atoms with Crippen LogP contribution in [0.2, 0.25) is 0 Å². The van der Waals surface area contributed by atoms with E-state index in [9.17, 15) is 5.11 Å². The molecule has 1 fully saturated rings. The van der Waals surface area contributed by atoms with E-state index in [0.29, 0.717) is 13.2 Å². The SMILES string of the molecule is COCCOCCCN1CC[C@H](O)C1. The van der Waals surface area contributed by atoms with Gasteiger partial charge in [0, 0.05) is 33.4 Å². The molecule has 1 atom stereocenters. The van der Waals surface area contributed by atoms with Gasteiger partial charge in [-0.25, -0.2) is 0 Å². The van der Waals surface area contributed by atoms with Gasteiger partial charge < -0.3 is 19.5 Å². The van der Waals surface area contributed by atoms with E-state index in [-0.39, 0.29) is 6.10 Å². The van der Waals surface area contributed by atoms with Gasteiger partial charge in [0.2, 0.25) is 0 Å². The Labute approximate surface area is 85.8 Å². The minimum absolute atomic E-state index is 0.107. The van der Waals surface area contributed by atoms with Crippen LogP contribution >= 0.6 is 0 Å². The van der Waals surface area contributed by atoms with E-state index >= 15 is 0 Å². The second-order valence-corrected chi connectivity index (χ2v) is 3.70. The van der Waals surface area contributed by atoms with E-state index in [2.05, 4.69) is 4.90 Å². The number of likely N-dealkylation sites (tertiary alicyclic amines) is 1. The molecule has 1 heterocycles. The summed E-state index contributed by atoms with van der Waals surface area (Å²) in [5, 5.41) is 9.28. The highest BCUT2D eigenvalue weighted by molar-refractivity contribution is 4.73. The number of aliphatic hydroxyl groups is 1. The number of β-amino-alcohol motifs (C(OH)–C–C–N with tert-alkyl or cyclic N) is 1. The van der Waals surface area contributed by atoms with Gasteiger partial charge >= 0.3 is 0 Å². The molecule has 4 nitrogen and oxygen atoms in total. The zero-order chi connectivity index (χ0) is 10.2. The first-order valence-corrected chi connectivity index (χ1v) is 5.30. The first-order valence-electron chi connectivity index (χ1n) is 5.30. The van der Waals surface area contributed by atoms with E-state index in [1.165, 1.54) is 0 Å². The van der Waals surface area contributed by atoms with Crippen molar-refractivity contribution in [3.8, 4) is 0 Å². The highest BCUT2D eigenvalue weighted by atomic mass is 16.5. The second kappa shape index (κ2) is 7.17. The molecule has 0 unspecified atom stereocenters. The Morgan fingerprint density at radius 1 is 1.36 bits per heavy atom. The summed E-state index contributed by atoms with van der Waals surface area (Å²) in [4.78, 5) is 2.28. The van der Waals surface area contributed by atoms with Crippen LogP contribution in [0.15, 0.2) is 0 Å². The molecular formula is C10H21NO3. The summed E-state index contributed by atoms with van der Waals surface area (Å²) in [7, 11) is 1.68. The lowest BCUT2D eigenvalue weighted by atomic mass is 10.3. The number of rotatable bonds is 7. The molecule has 14 heavy (non-hydrogen) atoms. The quantitative estimate of drug-likeness (QED) is 0.596. The molecule has 0 aromatic rings.